The molecule has 0 bridgehead atoms. The van der Waals surface area contributed by atoms with Crippen molar-refractivity contribution in [2.75, 3.05) is 31.1 Å². The van der Waals surface area contributed by atoms with Crippen molar-refractivity contribution in [1.82, 2.24) is 24.8 Å². The van der Waals surface area contributed by atoms with Crippen LogP contribution in [0.15, 0.2) is 59.9 Å². The fourth-order valence-electron chi connectivity index (χ4n) is 4.93. The van der Waals surface area contributed by atoms with Gasteiger partial charge in [-0.05, 0) is 55.5 Å². The third-order valence-corrected chi connectivity index (χ3v) is 7.06. The molecule has 0 saturated carbocycles. The highest BCUT2D eigenvalue weighted by Gasteiger charge is 2.29. The maximum Gasteiger partial charge on any atom is 0.272 e. The minimum Gasteiger partial charge on any atom is -0.372 e. The number of imidazole rings is 1. The molecule has 8 heteroatoms. The number of pyridine rings is 1. The van der Waals surface area contributed by atoms with E-state index < -0.39 is 0 Å². The Morgan fingerprint density at radius 1 is 1.06 bits per heavy atom. The third kappa shape index (κ3) is 6.89. The number of carbonyl (C=O) groups is 1. The van der Waals surface area contributed by atoms with E-state index in [0.29, 0.717) is 12.2 Å². The van der Waals surface area contributed by atoms with Gasteiger partial charge in [-0.25, -0.2) is 9.97 Å². The van der Waals surface area contributed by atoms with Gasteiger partial charge in [0.15, 0.2) is 0 Å². The highest BCUT2D eigenvalue weighted by atomic mass is 32.1. The predicted octanol–water partition coefficient (Wildman–Crippen LogP) is 5.03. The molecule has 192 valence electrons. The zero-order chi connectivity index (χ0) is 25.3. The standard InChI is InChI=1S/C28H38N6OS/c1-3-15-33(16-4-2)23-7-5-22(6-8-23)20-34(28(35)26-10-9-25(36)19-31-26)24-11-17-32(18-12-24)21-27-29-13-14-30-27/h5-10,13-14,19,24,36H,3-4,11-12,15-18,20-21H2,1-2H3,(H,29,30). The summed E-state index contributed by atoms with van der Waals surface area (Å²) in [6, 6.07) is 12.5. The van der Waals surface area contributed by atoms with Gasteiger partial charge < -0.3 is 14.8 Å². The van der Waals surface area contributed by atoms with E-state index in [1.165, 1.54) is 5.69 Å². The van der Waals surface area contributed by atoms with Crippen molar-refractivity contribution in [3.63, 3.8) is 0 Å². The van der Waals surface area contributed by atoms with Crippen molar-refractivity contribution in [1.29, 1.82) is 0 Å². The number of hydrogen-bond acceptors (Lipinski definition) is 6. The molecule has 4 rings (SSSR count). The van der Waals surface area contributed by atoms with Crippen LogP contribution in [-0.2, 0) is 13.1 Å². The molecule has 0 unspecified atom stereocenters. The molecule has 1 aliphatic rings. The molecule has 1 saturated heterocycles. The normalized spacial score (nSPS) is 14.6. The smallest absolute Gasteiger partial charge is 0.272 e. The van der Waals surface area contributed by atoms with Gasteiger partial charge in [0.1, 0.15) is 11.5 Å². The predicted molar refractivity (Wildman–Crippen MR) is 147 cm³/mol. The molecule has 1 amide bonds. The van der Waals surface area contributed by atoms with Crippen LogP contribution in [0.1, 0.15) is 61.4 Å². The van der Waals surface area contributed by atoms with E-state index in [2.05, 4.69) is 75.5 Å². The molecule has 0 spiro atoms. The van der Waals surface area contributed by atoms with Gasteiger partial charge in [0.25, 0.3) is 5.91 Å². The Morgan fingerprint density at radius 3 is 2.36 bits per heavy atom. The van der Waals surface area contributed by atoms with Crippen LogP contribution in [0, 0.1) is 0 Å². The first-order valence-corrected chi connectivity index (χ1v) is 13.5. The van der Waals surface area contributed by atoms with Crippen LogP contribution in [0.3, 0.4) is 0 Å². The summed E-state index contributed by atoms with van der Waals surface area (Å²) in [6.45, 7) is 9.80. The largest absolute Gasteiger partial charge is 0.372 e. The lowest BCUT2D eigenvalue weighted by molar-refractivity contribution is 0.0535. The second-order valence-electron chi connectivity index (χ2n) is 9.53. The van der Waals surface area contributed by atoms with Gasteiger partial charge in [0.2, 0.25) is 0 Å². The third-order valence-electron chi connectivity index (χ3n) is 6.80. The Bertz CT molecular complexity index is 1060. The number of anilines is 1. The summed E-state index contributed by atoms with van der Waals surface area (Å²) in [4.78, 5) is 33.2. The first kappa shape index (κ1) is 26.2. The van der Waals surface area contributed by atoms with Gasteiger partial charge >= 0.3 is 0 Å². The summed E-state index contributed by atoms with van der Waals surface area (Å²) in [7, 11) is 0. The number of amides is 1. The monoisotopic (exact) mass is 506 g/mol. The molecule has 1 aromatic carbocycles. The number of benzene rings is 1. The van der Waals surface area contributed by atoms with Crippen LogP contribution in [0.5, 0.6) is 0 Å². The maximum absolute atomic E-state index is 13.6. The minimum absolute atomic E-state index is 0.0181. The Morgan fingerprint density at radius 2 is 1.78 bits per heavy atom. The molecule has 2 aromatic heterocycles. The summed E-state index contributed by atoms with van der Waals surface area (Å²) >= 11 is 4.33. The summed E-state index contributed by atoms with van der Waals surface area (Å²) in [5, 5.41) is 0. The molecule has 1 fully saturated rings. The first-order chi connectivity index (χ1) is 17.6. The highest BCUT2D eigenvalue weighted by molar-refractivity contribution is 7.80. The number of carbonyl (C=O) groups excluding carboxylic acids is 1. The molecule has 3 heterocycles. The molecule has 3 aromatic rings. The molecule has 1 N–H and O–H groups in total. The molecule has 0 atom stereocenters. The number of nitrogens with zero attached hydrogens (tertiary/aromatic N) is 5. The fraction of sp³-hybridized carbons (Fsp3) is 0.464. The lowest BCUT2D eigenvalue weighted by atomic mass is 10.0. The zero-order valence-electron chi connectivity index (χ0n) is 21.4. The second-order valence-corrected chi connectivity index (χ2v) is 10.0. The molecular weight excluding hydrogens is 468 g/mol. The molecule has 1 aliphatic heterocycles. The van der Waals surface area contributed by atoms with Crippen molar-refractivity contribution < 1.29 is 4.79 Å². The Balaban J connectivity index is 1.48. The number of thiol groups is 1. The van der Waals surface area contributed by atoms with E-state index >= 15 is 0 Å². The Labute approximate surface area is 220 Å². The van der Waals surface area contributed by atoms with E-state index in [4.69, 9.17) is 0 Å². The number of piperidine rings is 1. The lowest BCUT2D eigenvalue weighted by Crippen LogP contribution is -2.47. The molecule has 0 radical (unpaired) electrons. The average Bonchev–Trinajstić information content (AvgIpc) is 3.41. The highest BCUT2D eigenvalue weighted by Crippen LogP contribution is 2.24. The van der Waals surface area contributed by atoms with Crippen molar-refractivity contribution >= 4 is 24.2 Å². The summed E-state index contributed by atoms with van der Waals surface area (Å²) in [5.74, 6) is 0.966. The van der Waals surface area contributed by atoms with Crippen LogP contribution < -0.4 is 4.90 Å². The van der Waals surface area contributed by atoms with E-state index in [9.17, 15) is 4.79 Å². The summed E-state index contributed by atoms with van der Waals surface area (Å²) in [6.07, 6.45) is 9.40. The summed E-state index contributed by atoms with van der Waals surface area (Å²) < 4.78 is 0. The van der Waals surface area contributed by atoms with Crippen molar-refractivity contribution in [3.05, 3.63) is 72.1 Å². The van der Waals surface area contributed by atoms with Crippen LogP contribution in [0.4, 0.5) is 5.69 Å². The number of likely N-dealkylation sites (tertiary alicyclic amines) is 1. The second kappa shape index (κ2) is 12.9. The van der Waals surface area contributed by atoms with Gasteiger partial charge in [0.05, 0.1) is 6.54 Å². The SMILES string of the molecule is CCCN(CCC)c1ccc(CN(C(=O)c2ccc(S)cn2)C2CCN(Cc3ncc[nH]3)CC2)cc1. The topological polar surface area (TPSA) is 68.4 Å². The number of nitrogens with one attached hydrogen (secondary N) is 1. The van der Waals surface area contributed by atoms with Gasteiger partial charge in [-0.3, -0.25) is 9.69 Å². The van der Waals surface area contributed by atoms with E-state index in [1.54, 1.807) is 18.5 Å². The van der Waals surface area contributed by atoms with Gasteiger partial charge in [-0.15, -0.1) is 12.6 Å². The molecule has 0 aliphatic carbocycles. The maximum atomic E-state index is 13.6. The molecule has 7 nitrogen and oxygen atoms in total. The van der Waals surface area contributed by atoms with E-state index in [0.717, 1.165) is 74.7 Å². The van der Waals surface area contributed by atoms with Gasteiger partial charge in [-0.1, -0.05) is 26.0 Å². The molecular formula is C28H38N6OS. The quantitative estimate of drug-likeness (QED) is 0.357. The summed E-state index contributed by atoms with van der Waals surface area (Å²) in [5.41, 5.74) is 2.86. The van der Waals surface area contributed by atoms with Crippen LogP contribution in [0.25, 0.3) is 0 Å². The van der Waals surface area contributed by atoms with Gasteiger partial charge in [0, 0.05) is 67.9 Å². The first-order valence-electron chi connectivity index (χ1n) is 13.1. The Hall–Kier alpha value is -2.84. The number of H-pyrrole nitrogens is 1. The number of aromatic nitrogens is 3. The average molecular weight is 507 g/mol. The zero-order valence-corrected chi connectivity index (χ0v) is 22.3. The number of rotatable bonds is 11. The van der Waals surface area contributed by atoms with Crippen molar-refractivity contribution in [3.8, 4) is 0 Å². The number of aromatic amines is 1. The van der Waals surface area contributed by atoms with Crippen LogP contribution >= 0.6 is 12.6 Å². The minimum atomic E-state index is -0.0181. The van der Waals surface area contributed by atoms with Crippen molar-refractivity contribution in [2.24, 2.45) is 0 Å². The number of hydrogen-bond donors (Lipinski definition) is 2. The van der Waals surface area contributed by atoms with Crippen molar-refractivity contribution in [2.45, 2.75) is 63.6 Å². The van der Waals surface area contributed by atoms with Crippen LogP contribution in [-0.4, -0.2) is 62.9 Å². The molecule has 36 heavy (non-hydrogen) atoms. The Kier molecular flexibility index (Phi) is 9.41. The fourth-order valence-corrected chi connectivity index (χ4v) is 5.06. The van der Waals surface area contributed by atoms with Gasteiger partial charge in [-0.2, -0.15) is 0 Å². The van der Waals surface area contributed by atoms with Crippen LogP contribution in [0.2, 0.25) is 0 Å². The van der Waals surface area contributed by atoms with E-state index in [1.807, 2.05) is 17.2 Å². The lowest BCUT2D eigenvalue weighted by Gasteiger charge is -2.38. The van der Waals surface area contributed by atoms with E-state index in [-0.39, 0.29) is 11.9 Å².